The summed E-state index contributed by atoms with van der Waals surface area (Å²) in [5, 5.41) is 6.08. The first-order chi connectivity index (χ1) is 16.4. The number of carbonyl (C=O) groups is 1. The molecule has 5 rings (SSSR count). The van der Waals surface area contributed by atoms with Gasteiger partial charge in [-0.1, -0.05) is 41.4 Å². The van der Waals surface area contributed by atoms with Gasteiger partial charge >= 0.3 is 0 Å². The van der Waals surface area contributed by atoms with Crippen molar-refractivity contribution in [3.8, 4) is 5.69 Å². The van der Waals surface area contributed by atoms with Crippen molar-refractivity contribution in [1.82, 2.24) is 24.6 Å². The molecule has 0 bridgehead atoms. The van der Waals surface area contributed by atoms with E-state index in [9.17, 15) is 4.79 Å². The van der Waals surface area contributed by atoms with Gasteiger partial charge in [-0.2, -0.15) is 5.10 Å². The second kappa shape index (κ2) is 9.06. The van der Waals surface area contributed by atoms with Crippen molar-refractivity contribution >= 4 is 34.4 Å². The van der Waals surface area contributed by atoms with E-state index in [1.165, 1.54) is 5.56 Å². The number of nitrogens with zero attached hydrogens (tertiary/aromatic N) is 6. The summed E-state index contributed by atoms with van der Waals surface area (Å²) in [6, 6.07) is 13.5. The molecule has 1 fully saturated rings. The van der Waals surface area contributed by atoms with Crippen molar-refractivity contribution in [2.75, 3.05) is 31.1 Å². The SMILES string of the molecule is Cc1ccc(-n2ncc3c(N4CCCN(C(=O)c5ccccc5Cl)CC4)nc(C)nc32)c(C)c1. The predicted molar refractivity (Wildman–Crippen MR) is 135 cm³/mol. The van der Waals surface area contributed by atoms with Crippen LogP contribution in [0.5, 0.6) is 0 Å². The monoisotopic (exact) mass is 474 g/mol. The van der Waals surface area contributed by atoms with Gasteiger partial charge in [-0.15, -0.1) is 0 Å². The summed E-state index contributed by atoms with van der Waals surface area (Å²) in [6.45, 7) is 8.83. The number of halogens is 1. The first kappa shape index (κ1) is 22.3. The Morgan fingerprint density at radius 1 is 0.971 bits per heavy atom. The molecule has 4 aromatic rings. The lowest BCUT2D eigenvalue weighted by molar-refractivity contribution is 0.0767. The normalized spacial score (nSPS) is 14.5. The number of hydrogen-bond acceptors (Lipinski definition) is 5. The predicted octanol–water partition coefficient (Wildman–Crippen LogP) is 4.75. The van der Waals surface area contributed by atoms with E-state index in [0.717, 1.165) is 41.1 Å². The molecule has 1 aliphatic rings. The molecule has 0 atom stereocenters. The minimum absolute atomic E-state index is 0.0286. The summed E-state index contributed by atoms with van der Waals surface area (Å²) in [4.78, 5) is 26.7. The molecule has 0 radical (unpaired) electrons. The summed E-state index contributed by atoms with van der Waals surface area (Å²) in [6.07, 6.45) is 2.69. The van der Waals surface area contributed by atoms with Crippen LogP contribution in [0.1, 0.15) is 33.7 Å². The number of carbonyl (C=O) groups excluding carboxylic acids is 1. The Bertz CT molecular complexity index is 1380. The Morgan fingerprint density at radius 3 is 2.59 bits per heavy atom. The first-order valence-corrected chi connectivity index (χ1v) is 11.9. The van der Waals surface area contributed by atoms with Crippen LogP contribution < -0.4 is 4.90 Å². The van der Waals surface area contributed by atoms with Gasteiger partial charge in [0.2, 0.25) is 0 Å². The van der Waals surface area contributed by atoms with Crippen molar-refractivity contribution in [3.05, 3.63) is 76.2 Å². The molecule has 174 valence electrons. The van der Waals surface area contributed by atoms with Gasteiger partial charge < -0.3 is 9.80 Å². The number of aryl methyl sites for hydroxylation is 3. The Hall–Kier alpha value is -3.45. The van der Waals surface area contributed by atoms with E-state index < -0.39 is 0 Å². The van der Waals surface area contributed by atoms with Gasteiger partial charge in [0.25, 0.3) is 5.91 Å². The summed E-state index contributed by atoms with van der Waals surface area (Å²) in [7, 11) is 0. The van der Waals surface area contributed by atoms with Crippen LogP contribution in [0.4, 0.5) is 5.82 Å². The summed E-state index contributed by atoms with van der Waals surface area (Å²) in [5.41, 5.74) is 4.71. The van der Waals surface area contributed by atoms with Crippen LogP contribution in [0.2, 0.25) is 5.02 Å². The number of hydrogen-bond donors (Lipinski definition) is 0. The van der Waals surface area contributed by atoms with Gasteiger partial charge in [-0.3, -0.25) is 4.79 Å². The van der Waals surface area contributed by atoms with Crippen LogP contribution in [-0.2, 0) is 0 Å². The van der Waals surface area contributed by atoms with Gasteiger partial charge in [-0.05, 0) is 51.0 Å². The molecule has 2 aromatic carbocycles. The van der Waals surface area contributed by atoms with Gasteiger partial charge in [0.05, 0.1) is 27.9 Å². The average molecular weight is 475 g/mol. The third-order valence-electron chi connectivity index (χ3n) is 6.29. The summed E-state index contributed by atoms with van der Waals surface area (Å²) >= 11 is 6.27. The molecule has 0 aliphatic carbocycles. The third-order valence-corrected chi connectivity index (χ3v) is 6.62. The molecular formula is C26H27ClN6O. The average Bonchev–Trinajstić information content (AvgIpc) is 3.07. The minimum atomic E-state index is -0.0286. The van der Waals surface area contributed by atoms with E-state index >= 15 is 0 Å². The fraction of sp³-hybridized carbons (Fsp3) is 0.308. The second-order valence-corrected chi connectivity index (χ2v) is 9.20. The Balaban J connectivity index is 1.45. The number of benzene rings is 2. The Kier molecular flexibility index (Phi) is 5.96. The maximum atomic E-state index is 13.1. The molecule has 1 saturated heterocycles. The number of aromatic nitrogens is 4. The maximum absolute atomic E-state index is 13.1. The fourth-order valence-corrected chi connectivity index (χ4v) is 4.81. The highest BCUT2D eigenvalue weighted by atomic mass is 35.5. The van der Waals surface area contributed by atoms with E-state index in [0.29, 0.717) is 36.0 Å². The summed E-state index contributed by atoms with van der Waals surface area (Å²) < 4.78 is 1.90. The Morgan fingerprint density at radius 2 is 1.79 bits per heavy atom. The zero-order valence-electron chi connectivity index (χ0n) is 19.6. The molecule has 2 aromatic heterocycles. The fourth-order valence-electron chi connectivity index (χ4n) is 4.60. The van der Waals surface area contributed by atoms with Gasteiger partial charge in [-0.25, -0.2) is 14.6 Å². The molecule has 0 unspecified atom stereocenters. The maximum Gasteiger partial charge on any atom is 0.255 e. The van der Waals surface area contributed by atoms with Crippen LogP contribution in [0.15, 0.2) is 48.7 Å². The molecule has 0 saturated carbocycles. The highest BCUT2D eigenvalue weighted by molar-refractivity contribution is 6.33. The molecule has 0 spiro atoms. The van der Waals surface area contributed by atoms with Gasteiger partial charge in [0, 0.05) is 26.2 Å². The molecule has 7 nitrogen and oxygen atoms in total. The van der Waals surface area contributed by atoms with Crippen molar-refractivity contribution in [2.45, 2.75) is 27.2 Å². The molecule has 1 amide bonds. The zero-order valence-corrected chi connectivity index (χ0v) is 20.4. The summed E-state index contributed by atoms with van der Waals surface area (Å²) in [5.74, 6) is 1.53. The lowest BCUT2D eigenvalue weighted by Gasteiger charge is -2.24. The van der Waals surface area contributed by atoms with E-state index in [1.807, 2.05) is 34.8 Å². The number of fused-ring (bicyclic) bond motifs is 1. The minimum Gasteiger partial charge on any atom is -0.354 e. The standard InChI is InChI=1S/C26H27ClN6O/c1-17-9-10-23(18(2)15-17)33-25-21(16-28-33)24(29-19(3)30-25)31-11-6-12-32(14-13-31)26(34)20-7-4-5-8-22(20)27/h4-5,7-10,15-16H,6,11-14H2,1-3H3. The highest BCUT2D eigenvalue weighted by Crippen LogP contribution is 2.28. The molecular weight excluding hydrogens is 448 g/mol. The lowest BCUT2D eigenvalue weighted by Crippen LogP contribution is -2.35. The second-order valence-electron chi connectivity index (χ2n) is 8.79. The molecule has 1 aliphatic heterocycles. The van der Waals surface area contributed by atoms with Gasteiger partial charge in [0.1, 0.15) is 11.6 Å². The van der Waals surface area contributed by atoms with Crippen LogP contribution in [0, 0.1) is 20.8 Å². The van der Waals surface area contributed by atoms with E-state index in [1.54, 1.807) is 12.1 Å². The molecule has 0 N–H and O–H groups in total. The van der Waals surface area contributed by atoms with Crippen molar-refractivity contribution in [1.29, 1.82) is 0 Å². The lowest BCUT2D eigenvalue weighted by atomic mass is 10.1. The van der Waals surface area contributed by atoms with Crippen molar-refractivity contribution < 1.29 is 4.79 Å². The van der Waals surface area contributed by atoms with Crippen LogP contribution in [0.3, 0.4) is 0 Å². The molecule has 34 heavy (non-hydrogen) atoms. The number of anilines is 1. The quantitative estimate of drug-likeness (QED) is 0.428. The number of amides is 1. The zero-order chi connectivity index (χ0) is 23.8. The number of rotatable bonds is 3. The van der Waals surface area contributed by atoms with E-state index in [4.69, 9.17) is 21.6 Å². The highest BCUT2D eigenvalue weighted by Gasteiger charge is 2.24. The Labute approximate surface area is 204 Å². The van der Waals surface area contributed by atoms with E-state index in [-0.39, 0.29) is 5.91 Å². The van der Waals surface area contributed by atoms with Gasteiger partial charge in [0.15, 0.2) is 5.65 Å². The van der Waals surface area contributed by atoms with Crippen molar-refractivity contribution in [2.24, 2.45) is 0 Å². The smallest absolute Gasteiger partial charge is 0.255 e. The third kappa shape index (κ3) is 4.12. The van der Waals surface area contributed by atoms with Crippen LogP contribution >= 0.6 is 11.6 Å². The first-order valence-electron chi connectivity index (χ1n) is 11.5. The largest absolute Gasteiger partial charge is 0.354 e. The molecule has 8 heteroatoms. The van der Waals surface area contributed by atoms with Crippen LogP contribution in [-0.4, -0.2) is 56.7 Å². The topological polar surface area (TPSA) is 67.2 Å². The van der Waals surface area contributed by atoms with Crippen LogP contribution in [0.25, 0.3) is 16.7 Å². The van der Waals surface area contributed by atoms with Crippen molar-refractivity contribution in [3.63, 3.8) is 0 Å². The van der Waals surface area contributed by atoms with E-state index in [2.05, 4.69) is 42.0 Å². The molecule has 3 heterocycles.